The lowest BCUT2D eigenvalue weighted by atomic mass is 10.6. The van der Waals surface area contributed by atoms with Crippen molar-refractivity contribution >= 4 is 5.65 Å². The summed E-state index contributed by atoms with van der Waals surface area (Å²) in [6.45, 7) is 6.29. The van der Waals surface area contributed by atoms with Crippen LogP contribution >= 0.6 is 0 Å². The molecule has 2 aromatic heterocycles. The Hall–Kier alpha value is -1.45. The van der Waals surface area contributed by atoms with Crippen LogP contribution in [0.3, 0.4) is 0 Å². The van der Waals surface area contributed by atoms with Gasteiger partial charge in [-0.2, -0.15) is 4.79 Å². The molecule has 0 radical (unpaired) electrons. The molecule has 4 nitrogen and oxygen atoms in total. The van der Waals surface area contributed by atoms with Crippen LogP contribution in [-0.4, -0.2) is 27.4 Å². The van der Waals surface area contributed by atoms with E-state index in [0.717, 1.165) is 18.7 Å². The summed E-state index contributed by atoms with van der Waals surface area (Å²) in [5.41, 5.74) is 0.993. The third-order valence-corrected chi connectivity index (χ3v) is 2.25. The molecule has 2 rings (SSSR count). The van der Waals surface area contributed by atoms with Crippen molar-refractivity contribution in [1.29, 1.82) is 0 Å². The minimum atomic E-state index is 0.993. The average molecular weight is 178 g/mol. The summed E-state index contributed by atoms with van der Waals surface area (Å²) in [7, 11) is 0. The number of hydrogen-bond acceptors (Lipinski definition) is 2. The molecule has 0 saturated carbocycles. The van der Waals surface area contributed by atoms with Crippen molar-refractivity contribution in [3.8, 4) is 0 Å². The predicted molar refractivity (Wildman–Crippen MR) is 52.5 cm³/mol. The van der Waals surface area contributed by atoms with E-state index in [1.807, 2.05) is 29.2 Å². The van der Waals surface area contributed by atoms with Gasteiger partial charge in [-0.3, -0.25) is 5.01 Å². The first-order valence-electron chi connectivity index (χ1n) is 4.62. The average Bonchev–Trinajstić information content (AvgIpc) is 2.70. The van der Waals surface area contributed by atoms with Crippen molar-refractivity contribution in [1.82, 2.24) is 14.3 Å². The second-order valence-corrected chi connectivity index (χ2v) is 2.91. The molecule has 0 aromatic carbocycles. The Morgan fingerprint density at radius 3 is 2.77 bits per heavy atom. The number of rotatable bonds is 3. The molecule has 4 heteroatoms. The van der Waals surface area contributed by atoms with E-state index in [9.17, 15) is 0 Å². The molecule has 0 aliphatic rings. The zero-order chi connectivity index (χ0) is 9.26. The molecule has 0 N–H and O–H groups in total. The van der Waals surface area contributed by atoms with Crippen molar-refractivity contribution in [3.05, 3.63) is 24.7 Å². The highest BCUT2D eigenvalue weighted by molar-refractivity contribution is 5.36. The lowest BCUT2D eigenvalue weighted by molar-refractivity contribution is 0.531. The maximum atomic E-state index is 4.21. The lowest BCUT2D eigenvalue weighted by Gasteiger charge is -2.22. The van der Waals surface area contributed by atoms with Gasteiger partial charge in [0.1, 0.15) is 0 Å². The molecular formula is C9H14N4. The maximum Gasteiger partial charge on any atom is 0.154 e. The highest BCUT2D eigenvalue weighted by atomic mass is 15.7. The molecule has 0 atom stereocenters. The fourth-order valence-electron chi connectivity index (χ4n) is 1.55. The first-order chi connectivity index (χ1) is 6.36. The van der Waals surface area contributed by atoms with Crippen molar-refractivity contribution in [2.24, 2.45) is 0 Å². The zero-order valence-electron chi connectivity index (χ0n) is 8.01. The first kappa shape index (κ1) is 8.16. The van der Waals surface area contributed by atoms with Gasteiger partial charge in [0.25, 0.3) is 0 Å². The maximum absolute atomic E-state index is 4.21. The van der Waals surface area contributed by atoms with Crippen LogP contribution in [0.4, 0.5) is 0 Å². The third kappa shape index (κ3) is 1.18. The van der Waals surface area contributed by atoms with E-state index < -0.39 is 0 Å². The number of imidazole rings is 1. The van der Waals surface area contributed by atoms with Gasteiger partial charge >= 0.3 is 0 Å². The molecule has 0 aliphatic heterocycles. The quantitative estimate of drug-likeness (QED) is 0.703. The van der Waals surface area contributed by atoms with Gasteiger partial charge in [0.15, 0.2) is 5.65 Å². The SMILES string of the molecule is CCN(CC)n1ccc2nccn21. The molecule has 0 unspecified atom stereocenters. The minimum absolute atomic E-state index is 0.993. The van der Waals surface area contributed by atoms with Gasteiger partial charge in [-0.05, 0) is 13.8 Å². The minimum Gasteiger partial charge on any atom is -0.299 e. The molecule has 13 heavy (non-hydrogen) atoms. The summed E-state index contributed by atoms with van der Waals surface area (Å²) in [6, 6.07) is 2.01. The van der Waals surface area contributed by atoms with E-state index >= 15 is 0 Å². The molecule has 70 valence electrons. The molecule has 0 saturated heterocycles. The van der Waals surface area contributed by atoms with Gasteiger partial charge in [-0.1, -0.05) is 0 Å². The van der Waals surface area contributed by atoms with Crippen LogP contribution in [0.2, 0.25) is 0 Å². The molecule has 2 heterocycles. The van der Waals surface area contributed by atoms with Crippen molar-refractivity contribution in [2.45, 2.75) is 13.8 Å². The van der Waals surface area contributed by atoms with E-state index in [4.69, 9.17) is 0 Å². The van der Waals surface area contributed by atoms with E-state index in [1.54, 1.807) is 0 Å². The van der Waals surface area contributed by atoms with Gasteiger partial charge in [-0.25, -0.2) is 9.50 Å². The zero-order valence-corrected chi connectivity index (χ0v) is 8.01. The normalized spacial score (nSPS) is 10.9. The largest absolute Gasteiger partial charge is 0.299 e. The summed E-state index contributed by atoms with van der Waals surface area (Å²) in [6.07, 6.45) is 5.82. The third-order valence-electron chi connectivity index (χ3n) is 2.25. The van der Waals surface area contributed by atoms with Crippen LogP contribution < -0.4 is 5.01 Å². The fraction of sp³-hybridized carbons (Fsp3) is 0.444. The second-order valence-electron chi connectivity index (χ2n) is 2.91. The summed E-state index contributed by atoms with van der Waals surface area (Å²) >= 11 is 0. The molecule has 0 fully saturated rings. The Morgan fingerprint density at radius 2 is 2.08 bits per heavy atom. The summed E-state index contributed by atoms with van der Waals surface area (Å²) < 4.78 is 2.03. The summed E-state index contributed by atoms with van der Waals surface area (Å²) in [4.78, 5) is 6.29. The van der Waals surface area contributed by atoms with Gasteiger partial charge in [0.05, 0.1) is 0 Å². The van der Waals surface area contributed by atoms with Crippen LogP contribution in [0, 0.1) is 0 Å². The first-order valence-corrected chi connectivity index (χ1v) is 4.62. The Labute approximate surface area is 77.3 Å². The summed E-state index contributed by atoms with van der Waals surface area (Å²) in [5, 5.41) is 2.23. The highest BCUT2D eigenvalue weighted by Crippen LogP contribution is 2.02. The van der Waals surface area contributed by atoms with Gasteiger partial charge in [0.2, 0.25) is 0 Å². The van der Waals surface area contributed by atoms with Crippen molar-refractivity contribution in [2.75, 3.05) is 18.1 Å². The Bertz CT molecular complexity index is 383. The number of fused-ring (bicyclic) bond motifs is 1. The van der Waals surface area contributed by atoms with Crippen LogP contribution in [-0.2, 0) is 0 Å². The topological polar surface area (TPSA) is 25.5 Å². The lowest BCUT2D eigenvalue weighted by Crippen LogP contribution is -2.35. The van der Waals surface area contributed by atoms with E-state index in [-0.39, 0.29) is 0 Å². The molecule has 0 amide bonds. The molecule has 0 spiro atoms. The van der Waals surface area contributed by atoms with Crippen LogP contribution in [0.25, 0.3) is 5.65 Å². The monoisotopic (exact) mass is 178 g/mol. The van der Waals surface area contributed by atoms with Gasteiger partial charge in [-0.15, -0.1) is 0 Å². The molecule has 0 aliphatic carbocycles. The highest BCUT2D eigenvalue weighted by Gasteiger charge is 2.04. The number of hydrogen-bond donors (Lipinski definition) is 0. The van der Waals surface area contributed by atoms with Crippen molar-refractivity contribution < 1.29 is 0 Å². The second kappa shape index (κ2) is 3.12. The standard InChI is InChI=1S/C9H14N4/c1-3-11(4-2)13-7-5-9-10-6-8-12(9)13/h5-8H,3-4H2,1-2H3. The Balaban J connectivity index is 2.47. The molecular weight excluding hydrogens is 164 g/mol. The van der Waals surface area contributed by atoms with E-state index in [0.29, 0.717) is 0 Å². The van der Waals surface area contributed by atoms with Crippen LogP contribution in [0.5, 0.6) is 0 Å². The summed E-state index contributed by atoms with van der Waals surface area (Å²) in [5.74, 6) is 0. The van der Waals surface area contributed by atoms with Gasteiger partial charge < -0.3 is 0 Å². The fourth-order valence-corrected chi connectivity index (χ4v) is 1.55. The molecule has 0 bridgehead atoms. The van der Waals surface area contributed by atoms with E-state index in [2.05, 4.69) is 28.6 Å². The van der Waals surface area contributed by atoms with Gasteiger partial charge in [0, 0.05) is 37.7 Å². The smallest absolute Gasteiger partial charge is 0.154 e. The molecule has 2 aromatic rings. The number of aromatic nitrogens is 3. The predicted octanol–water partition coefficient (Wildman–Crippen LogP) is 1.11. The number of nitrogens with zero attached hydrogens (tertiary/aromatic N) is 4. The van der Waals surface area contributed by atoms with Crippen LogP contribution in [0.15, 0.2) is 24.7 Å². The Morgan fingerprint density at radius 1 is 1.31 bits per heavy atom. The Kier molecular flexibility index (Phi) is 1.96. The van der Waals surface area contributed by atoms with Crippen LogP contribution in [0.1, 0.15) is 13.8 Å². The van der Waals surface area contributed by atoms with Crippen molar-refractivity contribution in [3.63, 3.8) is 0 Å². The van der Waals surface area contributed by atoms with E-state index in [1.165, 1.54) is 0 Å².